The molecule has 0 bridgehead atoms. The number of fused-ring (bicyclic) bond motifs is 1. The Hall–Kier alpha value is -3.16. The van der Waals surface area contributed by atoms with E-state index >= 15 is 0 Å². The van der Waals surface area contributed by atoms with Crippen LogP contribution >= 0.6 is 0 Å². The smallest absolute Gasteiger partial charge is 0.260 e. The fourth-order valence-electron chi connectivity index (χ4n) is 3.68. The van der Waals surface area contributed by atoms with Gasteiger partial charge in [0.25, 0.3) is 5.91 Å². The Morgan fingerprint density at radius 1 is 1.21 bits per heavy atom. The summed E-state index contributed by atoms with van der Waals surface area (Å²) >= 11 is 0. The molecular formula is C20H23N5O3. The van der Waals surface area contributed by atoms with Gasteiger partial charge < -0.3 is 14.4 Å². The molecule has 1 unspecified atom stereocenters. The Labute approximate surface area is 163 Å². The zero-order valence-corrected chi connectivity index (χ0v) is 16.0. The van der Waals surface area contributed by atoms with Crippen LogP contribution in [0.4, 0.5) is 0 Å². The van der Waals surface area contributed by atoms with Crippen LogP contribution in [0.3, 0.4) is 0 Å². The normalized spacial score (nSPS) is 16.9. The van der Waals surface area contributed by atoms with E-state index in [0.29, 0.717) is 18.0 Å². The number of hydrogen-bond acceptors (Lipinski definition) is 6. The first-order valence-corrected chi connectivity index (χ1v) is 9.34. The maximum atomic E-state index is 12.7. The van der Waals surface area contributed by atoms with Crippen molar-refractivity contribution in [3.63, 3.8) is 0 Å². The second-order valence-corrected chi connectivity index (χ2v) is 6.86. The van der Waals surface area contributed by atoms with Crippen molar-refractivity contribution in [2.24, 2.45) is 7.05 Å². The number of piperidine rings is 1. The number of likely N-dealkylation sites (tertiary alicyclic amines) is 1. The number of methoxy groups -OCH3 is 1. The molecule has 1 aliphatic rings. The summed E-state index contributed by atoms with van der Waals surface area (Å²) in [4.78, 5) is 23.4. The Morgan fingerprint density at radius 3 is 2.82 bits per heavy atom. The molecule has 0 N–H and O–H groups in total. The predicted molar refractivity (Wildman–Crippen MR) is 103 cm³/mol. The van der Waals surface area contributed by atoms with Crippen molar-refractivity contribution in [3.8, 4) is 11.5 Å². The Morgan fingerprint density at radius 2 is 2.00 bits per heavy atom. The Kier molecular flexibility index (Phi) is 5.10. The van der Waals surface area contributed by atoms with Gasteiger partial charge in [0.2, 0.25) is 0 Å². The predicted octanol–water partition coefficient (Wildman–Crippen LogP) is 2.16. The van der Waals surface area contributed by atoms with Crippen molar-refractivity contribution in [2.75, 3.05) is 26.8 Å². The average molecular weight is 381 g/mol. The van der Waals surface area contributed by atoms with Crippen LogP contribution in [-0.4, -0.2) is 57.4 Å². The third kappa shape index (κ3) is 3.49. The van der Waals surface area contributed by atoms with E-state index in [2.05, 4.69) is 15.1 Å². The molecule has 1 aliphatic heterocycles. The molecule has 0 spiro atoms. The highest BCUT2D eigenvalue weighted by Gasteiger charge is 2.29. The number of amides is 1. The number of aryl methyl sites for hydroxylation is 1. The van der Waals surface area contributed by atoms with Gasteiger partial charge in [-0.05, 0) is 25.0 Å². The monoisotopic (exact) mass is 381 g/mol. The molecule has 0 saturated carbocycles. The SMILES string of the molecule is COc1ccccc1OCC(=O)N1CCCC(c2nn(C)c3nccnc23)C1. The maximum absolute atomic E-state index is 12.7. The van der Waals surface area contributed by atoms with E-state index in [4.69, 9.17) is 9.47 Å². The first kappa shape index (κ1) is 18.2. The molecule has 0 aliphatic carbocycles. The van der Waals surface area contributed by atoms with E-state index in [-0.39, 0.29) is 18.4 Å². The highest BCUT2D eigenvalue weighted by Crippen LogP contribution is 2.30. The van der Waals surface area contributed by atoms with Crippen molar-refractivity contribution in [3.05, 3.63) is 42.4 Å². The van der Waals surface area contributed by atoms with Gasteiger partial charge in [-0.1, -0.05) is 12.1 Å². The lowest BCUT2D eigenvalue weighted by Crippen LogP contribution is -2.41. The van der Waals surface area contributed by atoms with E-state index in [1.807, 2.05) is 30.1 Å². The van der Waals surface area contributed by atoms with Crippen LogP contribution in [0.15, 0.2) is 36.7 Å². The zero-order valence-electron chi connectivity index (χ0n) is 16.0. The number of ether oxygens (including phenoxy) is 2. The van der Waals surface area contributed by atoms with Crippen molar-refractivity contribution in [1.29, 1.82) is 0 Å². The Bertz CT molecular complexity index is 987. The maximum Gasteiger partial charge on any atom is 0.260 e. The summed E-state index contributed by atoms with van der Waals surface area (Å²) < 4.78 is 12.7. The minimum atomic E-state index is -0.0399. The number of nitrogens with zero attached hydrogens (tertiary/aromatic N) is 5. The van der Waals surface area contributed by atoms with Gasteiger partial charge in [0.05, 0.1) is 12.8 Å². The fourth-order valence-corrected chi connectivity index (χ4v) is 3.68. The largest absolute Gasteiger partial charge is 0.493 e. The van der Waals surface area contributed by atoms with E-state index in [1.165, 1.54) is 0 Å². The summed E-state index contributed by atoms with van der Waals surface area (Å²) in [5.74, 6) is 1.29. The summed E-state index contributed by atoms with van der Waals surface area (Å²) in [6, 6.07) is 7.32. The molecule has 1 saturated heterocycles. The molecule has 3 aromatic rings. The van der Waals surface area contributed by atoms with E-state index in [0.717, 1.165) is 36.2 Å². The lowest BCUT2D eigenvalue weighted by molar-refractivity contribution is -0.134. The molecular weight excluding hydrogens is 358 g/mol. The second-order valence-electron chi connectivity index (χ2n) is 6.86. The van der Waals surface area contributed by atoms with Crippen molar-refractivity contribution in [2.45, 2.75) is 18.8 Å². The first-order valence-electron chi connectivity index (χ1n) is 9.34. The summed E-state index contributed by atoms with van der Waals surface area (Å²) in [6.45, 7) is 1.31. The summed E-state index contributed by atoms with van der Waals surface area (Å²) in [5.41, 5.74) is 2.49. The standard InChI is InChI=1S/C20H23N5O3/c1-24-20-19(21-9-10-22-20)18(23-24)14-6-5-11-25(12-14)17(26)13-28-16-8-4-3-7-15(16)27-2/h3-4,7-10,14H,5-6,11-13H2,1-2H3. The third-order valence-electron chi connectivity index (χ3n) is 5.07. The molecule has 3 heterocycles. The lowest BCUT2D eigenvalue weighted by Gasteiger charge is -2.32. The van der Waals surface area contributed by atoms with Crippen LogP contribution in [0.25, 0.3) is 11.2 Å². The molecule has 1 aromatic carbocycles. The average Bonchev–Trinajstić information content (AvgIpc) is 3.09. The van der Waals surface area contributed by atoms with Gasteiger partial charge in [-0.15, -0.1) is 0 Å². The van der Waals surface area contributed by atoms with Crippen molar-refractivity contribution >= 4 is 17.1 Å². The van der Waals surface area contributed by atoms with Gasteiger partial charge in [0.15, 0.2) is 23.8 Å². The summed E-state index contributed by atoms with van der Waals surface area (Å²) in [5, 5.41) is 4.63. The molecule has 1 fully saturated rings. The number of para-hydroxylation sites is 2. The number of carbonyl (C=O) groups is 1. The molecule has 0 radical (unpaired) electrons. The van der Waals surface area contributed by atoms with Gasteiger partial charge in [-0.3, -0.25) is 4.79 Å². The highest BCUT2D eigenvalue weighted by atomic mass is 16.5. The van der Waals surface area contributed by atoms with Crippen LogP contribution in [0.2, 0.25) is 0 Å². The van der Waals surface area contributed by atoms with E-state index < -0.39 is 0 Å². The van der Waals surface area contributed by atoms with Crippen LogP contribution in [0.1, 0.15) is 24.5 Å². The fraction of sp³-hybridized carbons (Fsp3) is 0.400. The minimum absolute atomic E-state index is 0.0180. The molecule has 28 heavy (non-hydrogen) atoms. The van der Waals surface area contributed by atoms with Crippen LogP contribution < -0.4 is 9.47 Å². The van der Waals surface area contributed by atoms with Gasteiger partial charge in [0, 0.05) is 38.4 Å². The third-order valence-corrected chi connectivity index (χ3v) is 5.07. The van der Waals surface area contributed by atoms with E-state index in [1.54, 1.807) is 30.3 Å². The highest BCUT2D eigenvalue weighted by molar-refractivity contribution is 5.78. The first-order chi connectivity index (χ1) is 13.7. The van der Waals surface area contributed by atoms with Gasteiger partial charge >= 0.3 is 0 Å². The topological polar surface area (TPSA) is 82.4 Å². The molecule has 2 aromatic heterocycles. The van der Waals surface area contributed by atoms with Gasteiger partial charge in [-0.2, -0.15) is 5.10 Å². The number of hydrogen-bond donors (Lipinski definition) is 0. The van der Waals surface area contributed by atoms with Crippen LogP contribution in [-0.2, 0) is 11.8 Å². The molecule has 146 valence electrons. The summed E-state index contributed by atoms with van der Waals surface area (Å²) in [6.07, 6.45) is 5.24. The molecule has 4 rings (SSSR count). The lowest BCUT2D eigenvalue weighted by atomic mass is 9.94. The quantitative estimate of drug-likeness (QED) is 0.674. The minimum Gasteiger partial charge on any atom is -0.493 e. The van der Waals surface area contributed by atoms with Gasteiger partial charge in [0.1, 0.15) is 5.52 Å². The number of carbonyl (C=O) groups excluding carboxylic acids is 1. The number of rotatable bonds is 5. The van der Waals surface area contributed by atoms with Gasteiger partial charge in [-0.25, -0.2) is 14.6 Å². The van der Waals surface area contributed by atoms with Crippen LogP contribution in [0.5, 0.6) is 11.5 Å². The van der Waals surface area contributed by atoms with E-state index in [9.17, 15) is 4.79 Å². The molecule has 8 nitrogen and oxygen atoms in total. The molecule has 1 amide bonds. The zero-order chi connectivity index (χ0) is 19.5. The van der Waals surface area contributed by atoms with Crippen molar-refractivity contribution in [1.82, 2.24) is 24.6 Å². The summed E-state index contributed by atoms with van der Waals surface area (Å²) in [7, 11) is 3.45. The van der Waals surface area contributed by atoms with Crippen LogP contribution in [0, 0.1) is 0 Å². The Balaban J connectivity index is 1.45. The van der Waals surface area contributed by atoms with Crippen molar-refractivity contribution < 1.29 is 14.3 Å². The number of aromatic nitrogens is 4. The number of benzene rings is 1. The second kappa shape index (κ2) is 7.84. The molecule has 1 atom stereocenters. The molecule has 8 heteroatoms.